The van der Waals surface area contributed by atoms with E-state index in [0.717, 1.165) is 18.7 Å². The molecule has 0 radical (unpaired) electrons. The van der Waals surface area contributed by atoms with Crippen LogP contribution in [0.3, 0.4) is 0 Å². The van der Waals surface area contributed by atoms with E-state index >= 15 is 0 Å². The molecule has 0 aromatic carbocycles. The van der Waals surface area contributed by atoms with Gasteiger partial charge >= 0.3 is 0 Å². The number of rotatable bonds is 8. The zero-order chi connectivity index (χ0) is 13.5. The molecule has 2 rings (SSSR count). The van der Waals surface area contributed by atoms with E-state index in [1.165, 1.54) is 5.69 Å². The van der Waals surface area contributed by atoms with Gasteiger partial charge in [-0.05, 0) is 12.5 Å². The smallest absolute Gasteiger partial charge is 0.0964 e. The molecule has 0 saturated carbocycles. The molecular formula is C12H20N6O. The van der Waals surface area contributed by atoms with Crippen molar-refractivity contribution in [2.24, 2.45) is 7.05 Å². The lowest BCUT2D eigenvalue weighted by molar-refractivity contribution is 0.276. The van der Waals surface area contributed by atoms with E-state index in [1.54, 1.807) is 4.68 Å². The summed E-state index contributed by atoms with van der Waals surface area (Å²) in [6.45, 7) is 2.47. The van der Waals surface area contributed by atoms with E-state index in [-0.39, 0.29) is 6.61 Å². The average Bonchev–Trinajstić information content (AvgIpc) is 3.02. The molecule has 2 aromatic heterocycles. The number of nitrogens with one attached hydrogen (secondary N) is 1. The Bertz CT molecular complexity index is 492. The van der Waals surface area contributed by atoms with Crippen molar-refractivity contribution in [3.05, 3.63) is 29.8 Å². The van der Waals surface area contributed by atoms with Crippen LogP contribution in [0.5, 0.6) is 0 Å². The van der Waals surface area contributed by atoms with Crippen LogP contribution in [0.25, 0.3) is 0 Å². The Morgan fingerprint density at radius 2 is 2.32 bits per heavy atom. The summed E-state index contributed by atoms with van der Waals surface area (Å²) in [6, 6.07) is 2.02. The molecule has 0 amide bonds. The molecule has 0 aliphatic rings. The van der Waals surface area contributed by atoms with Gasteiger partial charge in [0.25, 0.3) is 0 Å². The van der Waals surface area contributed by atoms with E-state index in [4.69, 9.17) is 5.11 Å². The minimum absolute atomic E-state index is 0.179. The van der Waals surface area contributed by atoms with Gasteiger partial charge in [0.15, 0.2) is 0 Å². The first-order chi connectivity index (χ1) is 9.29. The Morgan fingerprint density at radius 3 is 3.05 bits per heavy atom. The number of hydrogen-bond acceptors (Lipinski definition) is 5. The Morgan fingerprint density at radius 1 is 1.42 bits per heavy atom. The maximum Gasteiger partial charge on any atom is 0.0964 e. The fourth-order valence-corrected chi connectivity index (χ4v) is 1.84. The lowest BCUT2D eigenvalue weighted by atomic mass is 10.3. The van der Waals surface area contributed by atoms with Gasteiger partial charge in [-0.15, -0.1) is 5.10 Å². The van der Waals surface area contributed by atoms with Crippen LogP contribution in [-0.4, -0.2) is 43.0 Å². The highest BCUT2D eigenvalue weighted by molar-refractivity contribution is 5.00. The first-order valence-corrected chi connectivity index (χ1v) is 6.47. The van der Waals surface area contributed by atoms with Crippen molar-refractivity contribution >= 4 is 0 Å². The van der Waals surface area contributed by atoms with E-state index in [0.29, 0.717) is 19.5 Å². The summed E-state index contributed by atoms with van der Waals surface area (Å²) in [6.07, 6.45) is 5.36. The van der Waals surface area contributed by atoms with Crippen LogP contribution in [-0.2, 0) is 26.6 Å². The van der Waals surface area contributed by atoms with E-state index < -0.39 is 0 Å². The van der Waals surface area contributed by atoms with Gasteiger partial charge in [-0.25, -0.2) is 0 Å². The van der Waals surface area contributed by atoms with Crippen LogP contribution in [0.2, 0.25) is 0 Å². The van der Waals surface area contributed by atoms with Crippen molar-refractivity contribution in [1.82, 2.24) is 30.1 Å². The standard InChI is InChI=1S/C12H20N6O/c1-17-12(4-6-14-17)3-5-13-9-11-10-18(16-15-11)7-2-8-19/h4,6,10,13,19H,2-3,5,7-9H2,1H3. The third-order valence-corrected chi connectivity index (χ3v) is 2.92. The molecule has 0 atom stereocenters. The Kier molecular flexibility index (Phi) is 5.05. The van der Waals surface area contributed by atoms with Gasteiger partial charge in [0.05, 0.1) is 5.69 Å². The summed E-state index contributed by atoms with van der Waals surface area (Å²) in [5.74, 6) is 0. The molecule has 19 heavy (non-hydrogen) atoms. The number of aromatic nitrogens is 5. The molecule has 0 bridgehead atoms. The van der Waals surface area contributed by atoms with Gasteiger partial charge in [0.2, 0.25) is 0 Å². The highest BCUT2D eigenvalue weighted by Crippen LogP contribution is 1.97. The van der Waals surface area contributed by atoms with Crippen LogP contribution in [0.4, 0.5) is 0 Å². The maximum atomic E-state index is 8.74. The van der Waals surface area contributed by atoms with Gasteiger partial charge in [-0.2, -0.15) is 5.10 Å². The third kappa shape index (κ3) is 4.15. The van der Waals surface area contributed by atoms with Crippen LogP contribution in [0, 0.1) is 0 Å². The Balaban J connectivity index is 1.68. The summed E-state index contributed by atoms with van der Waals surface area (Å²) >= 11 is 0. The number of nitrogens with zero attached hydrogens (tertiary/aromatic N) is 5. The third-order valence-electron chi connectivity index (χ3n) is 2.92. The van der Waals surface area contributed by atoms with Crippen molar-refractivity contribution in [3.8, 4) is 0 Å². The molecule has 0 unspecified atom stereocenters. The number of aryl methyl sites for hydroxylation is 2. The zero-order valence-corrected chi connectivity index (χ0v) is 11.2. The molecule has 7 nitrogen and oxygen atoms in total. The van der Waals surface area contributed by atoms with Gasteiger partial charge in [-0.3, -0.25) is 9.36 Å². The number of aliphatic hydroxyl groups excluding tert-OH is 1. The van der Waals surface area contributed by atoms with Gasteiger partial charge in [0.1, 0.15) is 0 Å². The average molecular weight is 264 g/mol. The largest absolute Gasteiger partial charge is 0.396 e. The van der Waals surface area contributed by atoms with Crippen molar-refractivity contribution in [2.75, 3.05) is 13.2 Å². The summed E-state index contributed by atoms with van der Waals surface area (Å²) in [5, 5.41) is 24.3. The molecule has 0 spiro atoms. The fraction of sp³-hybridized carbons (Fsp3) is 0.583. The summed E-state index contributed by atoms with van der Waals surface area (Å²) < 4.78 is 3.64. The lowest BCUT2D eigenvalue weighted by Gasteiger charge is -2.03. The van der Waals surface area contributed by atoms with Crippen LogP contribution < -0.4 is 5.32 Å². The Labute approximate surface area is 112 Å². The second kappa shape index (κ2) is 7.01. The molecular weight excluding hydrogens is 244 g/mol. The topological polar surface area (TPSA) is 80.8 Å². The first kappa shape index (κ1) is 13.7. The molecule has 2 N–H and O–H groups in total. The second-order valence-corrected chi connectivity index (χ2v) is 4.42. The normalized spacial score (nSPS) is 11.1. The van der Waals surface area contributed by atoms with E-state index in [1.807, 2.05) is 30.2 Å². The number of hydrogen-bond donors (Lipinski definition) is 2. The van der Waals surface area contributed by atoms with Gasteiger partial charge < -0.3 is 10.4 Å². The quantitative estimate of drug-likeness (QED) is 0.641. The predicted molar refractivity (Wildman–Crippen MR) is 70.3 cm³/mol. The highest BCUT2D eigenvalue weighted by atomic mass is 16.3. The summed E-state index contributed by atoms with van der Waals surface area (Å²) in [7, 11) is 1.95. The van der Waals surface area contributed by atoms with Crippen molar-refractivity contribution in [2.45, 2.75) is 25.9 Å². The molecule has 0 saturated heterocycles. The lowest BCUT2D eigenvalue weighted by Crippen LogP contribution is -2.18. The van der Waals surface area contributed by atoms with Crippen molar-refractivity contribution in [3.63, 3.8) is 0 Å². The molecule has 7 heteroatoms. The maximum absolute atomic E-state index is 8.74. The number of aliphatic hydroxyl groups is 1. The first-order valence-electron chi connectivity index (χ1n) is 6.47. The van der Waals surface area contributed by atoms with E-state index in [9.17, 15) is 0 Å². The van der Waals surface area contributed by atoms with Crippen LogP contribution in [0.15, 0.2) is 18.5 Å². The second-order valence-electron chi connectivity index (χ2n) is 4.42. The Hall–Kier alpha value is -1.73. The predicted octanol–water partition coefficient (Wildman–Crippen LogP) is -0.274. The van der Waals surface area contributed by atoms with E-state index in [2.05, 4.69) is 20.7 Å². The summed E-state index contributed by atoms with van der Waals surface area (Å²) in [5.41, 5.74) is 2.13. The molecule has 2 heterocycles. The zero-order valence-electron chi connectivity index (χ0n) is 11.2. The monoisotopic (exact) mass is 264 g/mol. The summed E-state index contributed by atoms with van der Waals surface area (Å²) in [4.78, 5) is 0. The van der Waals surface area contributed by atoms with Crippen molar-refractivity contribution in [1.29, 1.82) is 0 Å². The van der Waals surface area contributed by atoms with Crippen molar-refractivity contribution < 1.29 is 5.11 Å². The molecule has 0 aliphatic carbocycles. The SMILES string of the molecule is Cn1nccc1CCNCc1cn(CCCO)nn1. The van der Waals surface area contributed by atoms with Gasteiger partial charge in [-0.1, -0.05) is 5.21 Å². The van der Waals surface area contributed by atoms with Gasteiger partial charge in [0, 0.05) is 57.8 Å². The molecule has 0 aliphatic heterocycles. The minimum atomic E-state index is 0.179. The van der Waals surface area contributed by atoms with Crippen LogP contribution in [0.1, 0.15) is 17.8 Å². The highest BCUT2D eigenvalue weighted by Gasteiger charge is 2.01. The van der Waals surface area contributed by atoms with Crippen LogP contribution >= 0.6 is 0 Å². The molecule has 2 aromatic rings. The fourth-order valence-electron chi connectivity index (χ4n) is 1.84. The minimum Gasteiger partial charge on any atom is -0.396 e. The molecule has 104 valence electrons. The molecule has 0 fully saturated rings.